The van der Waals surface area contributed by atoms with Crippen LogP contribution < -0.4 is 11.1 Å². The van der Waals surface area contributed by atoms with E-state index >= 15 is 0 Å². The van der Waals surface area contributed by atoms with Gasteiger partial charge in [0, 0.05) is 13.0 Å². The Morgan fingerprint density at radius 1 is 1.80 bits per heavy atom. The summed E-state index contributed by atoms with van der Waals surface area (Å²) in [5, 5.41) is 2.88. The van der Waals surface area contributed by atoms with E-state index in [9.17, 15) is 4.79 Å². The zero-order valence-electron chi connectivity index (χ0n) is 6.02. The molecule has 1 rings (SSSR count). The van der Waals surface area contributed by atoms with E-state index in [0.717, 1.165) is 0 Å². The van der Waals surface area contributed by atoms with Crippen LogP contribution in [0.2, 0.25) is 0 Å². The van der Waals surface area contributed by atoms with Gasteiger partial charge in [0.15, 0.2) is 0 Å². The lowest BCUT2D eigenvalue weighted by atomic mass is 9.99. The van der Waals surface area contributed by atoms with Crippen LogP contribution in [0, 0.1) is 0 Å². The predicted octanol–water partition coefficient (Wildman–Crippen LogP) is -1.15. The zero-order valence-corrected chi connectivity index (χ0v) is 6.02. The van der Waals surface area contributed by atoms with Crippen molar-refractivity contribution in [2.45, 2.75) is 12.0 Å². The lowest BCUT2D eigenvalue weighted by molar-refractivity contribution is -0.124. The molecule has 4 nitrogen and oxygen atoms in total. The van der Waals surface area contributed by atoms with Crippen molar-refractivity contribution in [3.63, 3.8) is 0 Å². The summed E-state index contributed by atoms with van der Waals surface area (Å²) >= 11 is 0. The van der Waals surface area contributed by atoms with Gasteiger partial charge in [-0.2, -0.15) is 0 Å². The normalized spacial score (nSPS) is 32.5. The second kappa shape index (κ2) is 2.56. The molecule has 0 spiro atoms. The number of primary amides is 1. The number of rotatable bonds is 2. The van der Waals surface area contributed by atoms with Crippen LogP contribution in [-0.4, -0.2) is 31.7 Å². The molecule has 0 aromatic heterocycles. The van der Waals surface area contributed by atoms with Crippen molar-refractivity contribution in [3.8, 4) is 0 Å². The van der Waals surface area contributed by atoms with Gasteiger partial charge in [-0.1, -0.05) is 0 Å². The molecule has 0 radical (unpaired) electrons. The standard InChI is InChI=1S/C6H12N2O2/c1-8-6(5(7)9)2-3-10-4-6/h8H,2-4H2,1H3,(H2,7,9). The van der Waals surface area contributed by atoms with Gasteiger partial charge in [0.1, 0.15) is 5.54 Å². The highest BCUT2D eigenvalue weighted by Crippen LogP contribution is 2.16. The molecule has 4 heteroatoms. The molecular formula is C6H12N2O2. The molecular weight excluding hydrogens is 132 g/mol. The summed E-state index contributed by atoms with van der Waals surface area (Å²) in [4.78, 5) is 10.8. The Kier molecular flexibility index (Phi) is 1.92. The summed E-state index contributed by atoms with van der Waals surface area (Å²) < 4.78 is 5.05. The SMILES string of the molecule is CNC1(C(N)=O)CCOC1. The zero-order chi connectivity index (χ0) is 7.61. The van der Waals surface area contributed by atoms with E-state index in [1.807, 2.05) is 0 Å². The molecule has 1 heterocycles. The second-order valence-electron chi connectivity index (χ2n) is 2.50. The third kappa shape index (κ3) is 0.998. The van der Waals surface area contributed by atoms with Crippen molar-refractivity contribution in [2.75, 3.05) is 20.3 Å². The molecule has 1 aliphatic heterocycles. The summed E-state index contributed by atoms with van der Waals surface area (Å²) in [6.07, 6.45) is 0.679. The van der Waals surface area contributed by atoms with E-state index in [0.29, 0.717) is 19.6 Å². The van der Waals surface area contributed by atoms with Crippen LogP contribution in [0.25, 0.3) is 0 Å². The molecule has 10 heavy (non-hydrogen) atoms. The number of likely N-dealkylation sites (N-methyl/N-ethyl adjacent to an activating group) is 1. The number of nitrogens with one attached hydrogen (secondary N) is 1. The van der Waals surface area contributed by atoms with Crippen LogP contribution in [-0.2, 0) is 9.53 Å². The van der Waals surface area contributed by atoms with Crippen molar-refractivity contribution in [1.29, 1.82) is 0 Å². The average molecular weight is 144 g/mol. The molecule has 0 aromatic carbocycles. The van der Waals surface area contributed by atoms with Gasteiger partial charge in [0.2, 0.25) is 5.91 Å². The van der Waals surface area contributed by atoms with Gasteiger partial charge in [0.05, 0.1) is 6.61 Å². The number of carbonyl (C=O) groups is 1. The molecule has 1 atom stereocenters. The van der Waals surface area contributed by atoms with E-state index in [4.69, 9.17) is 10.5 Å². The molecule has 0 saturated carbocycles. The first-order valence-corrected chi connectivity index (χ1v) is 3.28. The minimum Gasteiger partial charge on any atom is -0.379 e. The predicted molar refractivity (Wildman–Crippen MR) is 36.4 cm³/mol. The Labute approximate surface area is 59.7 Å². The molecule has 3 N–H and O–H groups in total. The van der Waals surface area contributed by atoms with E-state index in [2.05, 4.69) is 5.32 Å². The first-order chi connectivity index (χ1) is 4.71. The van der Waals surface area contributed by atoms with Gasteiger partial charge < -0.3 is 15.8 Å². The van der Waals surface area contributed by atoms with E-state index in [-0.39, 0.29) is 5.91 Å². The van der Waals surface area contributed by atoms with Gasteiger partial charge in [-0.25, -0.2) is 0 Å². The topological polar surface area (TPSA) is 64.3 Å². The Balaban J connectivity index is 2.67. The van der Waals surface area contributed by atoms with Gasteiger partial charge in [-0.3, -0.25) is 4.79 Å². The summed E-state index contributed by atoms with van der Waals surface area (Å²) in [5.41, 5.74) is 4.56. The Bertz CT molecular complexity index is 141. The first-order valence-electron chi connectivity index (χ1n) is 3.28. The highest BCUT2D eigenvalue weighted by atomic mass is 16.5. The van der Waals surface area contributed by atoms with Crippen LogP contribution in [0.5, 0.6) is 0 Å². The maximum atomic E-state index is 10.8. The quantitative estimate of drug-likeness (QED) is 0.514. The smallest absolute Gasteiger partial charge is 0.240 e. The van der Waals surface area contributed by atoms with Crippen molar-refractivity contribution in [1.82, 2.24) is 5.32 Å². The Hall–Kier alpha value is -0.610. The van der Waals surface area contributed by atoms with Crippen LogP contribution in [0.4, 0.5) is 0 Å². The number of ether oxygens (including phenoxy) is 1. The van der Waals surface area contributed by atoms with E-state index in [1.165, 1.54) is 0 Å². The minimum absolute atomic E-state index is 0.326. The molecule has 0 bridgehead atoms. The molecule has 0 aromatic rings. The number of hydrogen-bond acceptors (Lipinski definition) is 3. The fourth-order valence-electron chi connectivity index (χ4n) is 1.08. The van der Waals surface area contributed by atoms with Gasteiger partial charge >= 0.3 is 0 Å². The molecule has 1 saturated heterocycles. The molecule has 1 amide bonds. The van der Waals surface area contributed by atoms with Gasteiger partial charge in [0.25, 0.3) is 0 Å². The summed E-state index contributed by atoms with van der Waals surface area (Å²) in [6.45, 7) is 1.02. The first kappa shape index (κ1) is 7.50. The van der Waals surface area contributed by atoms with Crippen LogP contribution in [0.3, 0.4) is 0 Å². The maximum Gasteiger partial charge on any atom is 0.240 e. The number of nitrogens with two attached hydrogens (primary N) is 1. The van der Waals surface area contributed by atoms with Crippen molar-refractivity contribution < 1.29 is 9.53 Å². The number of carbonyl (C=O) groups excluding carboxylic acids is 1. The Morgan fingerprint density at radius 2 is 2.50 bits per heavy atom. The van der Waals surface area contributed by atoms with Crippen LogP contribution >= 0.6 is 0 Å². The third-order valence-corrected chi connectivity index (χ3v) is 1.97. The summed E-state index contributed by atoms with van der Waals surface area (Å²) in [6, 6.07) is 0. The fraction of sp³-hybridized carbons (Fsp3) is 0.833. The van der Waals surface area contributed by atoms with Crippen LogP contribution in [0.15, 0.2) is 0 Å². The summed E-state index contributed by atoms with van der Waals surface area (Å²) in [7, 11) is 1.72. The van der Waals surface area contributed by atoms with E-state index in [1.54, 1.807) is 7.05 Å². The molecule has 1 aliphatic rings. The largest absolute Gasteiger partial charge is 0.379 e. The van der Waals surface area contributed by atoms with Gasteiger partial charge in [-0.15, -0.1) is 0 Å². The maximum absolute atomic E-state index is 10.8. The molecule has 58 valence electrons. The third-order valence-electron chi connectivity index (χ3n) is 1.97. The minimum atomic E-state index is -0.597. The average Bonchev–Trinajstić information content (AvgIpc) is 2.35. The lowest BCUT2D eigenvalue weighted by Crippen LogP contribution is -2.54. The molecule has 1 unspecified atom stereocenters. The Morgan fingerprint density at radius 3 is 2.70 bits per heavy atom. The van der Waals surface area contributed by atoms with Crippen molar-refractivity contribution in [2.24, 2.45) is 5.73 Å². The van der Waals surface area contributed by atoms with Gasteiger partial charge in [-0.05, 0) is 7.05 Å². The molecule has 0 aliphatic carbocycles. The highest BCUT2D eigenvalue weighted by molar-refractivity contribution is 5.85. The van der Waals surface area contributed by atoms with E-state index < -0.39 is 5.54 Å². The summed E-state index contributed by atoms with van der Waals surface area (Å²) in [5.74, 6) is -0.326. The monoisotopic (exact) mass is 144 g/mol. The highest BCUT2D eigenvalue weighted by Gasteiger charge is 2.38. The fourth-order valence-corrected chi connectivity index (χ4v) is 1.08. The second-order valence-corrected chi connectivity index (χ2v) is 2.50. The number of amides is 1. The lowest BCUT2D eigenvalue weighted by Gasteiger charge is -2.21. The van der Waals surface area contributed by atoms with Crippen molar-refractivity contribution in [3.05, 3.63) is 0 Å². The van der Waals surface area contributed by atoms with Crippen LogP contribution in [0.1, 0.15) is 6.42 Å². The van der Waals surface area contributed by atoms with Crippen molar-refractivity contribution >= 4 is 5.91 Å². The number of hydrogen-bond donors (Lipinski definition) is 2. The molecule has 1 fully saturated rings.